The molecule has 0 spiro atoms. The van der Waals surface area contributed by atoms with Crippen LogP contribution >= 0.6 is 11.8 Å². The molecule has 0 saturated heterocycles. The van der Waals surface area contributed by atoms with Crippen LogP contribution < -0.4 is 5.32 Å². The number of hydrogen-bond donors (Lipinski definition) is 1. The molecule has 0 aliphatic heterocycles. The Bertz CT molecular complexity index is 861. The van der Waals surface area contributed by atoms with E-state index in [0.717, 1.165) is 42.5 Å². The van der Waals surface area contributed by atoms with Crippen molar-refractivity contribution < 1.29 is 9.53 Å². The first-order valence-electron chi connectivity index (χ1n) is 9.09. The van der Waals surface area contributed by atoms with Crippen LogP contribution in [0.4, 0.5) is 0 Å². The van der Waals surface area contributed by atoms with E-state index in [9.17, 15) is 10.1 Å². The summed E-state index contributed by atoms with van der Waals surface area (Å²) in [6, 6.07) is 12.1. The number of methoxy groups -OCH3 is 1. The van der Waals surface area contributed by atoms with Crippen molar-refractivity contribution in [2.75, 3.05) is 12.9 Å². The number of aryl methyl sites for hydroxylation is 2. The number of hydrogen-bond acceptors (Lipinski definition) is 5. The molecule has 6 heteroatoms. The highest BCUT2D eigenvalue weighted by molar-refractivity contribution is 8.00. The summed E-state index contributed by atoms with van der Waals surface area (Å²) in [7, 11) is 1.66. The van der Waals surface area contributed by atoms with Gasteiger partial charge in [0.25, 0.3) is 0 Å². The third-order valence-corrected chi connectivity index (χ3v) is 5.61. The topological polar surface area (TPSA) is 75.0 Å². The molecule has 1 aromatic heterocycles. The third-order valence-electron chi connectivity index (χ3n) is 4.62. The summed E-state index contributed by atoms with van der Waals surface area (Å²) in [5.41, 5.74) is 4.94. The Morgan fingerprint density at radius 3 is 2.85 bits per heavy atom. The average Bonchev–Trinajstić information content (AvgIpc) is 2.71. The van der Waals surface area contributed by atoms with Gasteiger partial charge in [0, 0.05) is 19.3 Å². The second kappa shape index (κ2) is 9.54. The van der Waals surface area contributed by atoms with E-state index >= 15 is 0 Å². The second-order valence-electron chi connectivity index (χ2n) is 6.53. The van der Waals surface area contributed by atoms with Gasteiger partial charge in [0.15, 0.2) is 0 Å². The van der Waals surface area contributed by atoms with E-state index in [1.54, 1.807) is 7.11 Å². The summed E-state index contributed by atoms with van der Waals surface area (Å²) in [5.74, 6) is 0.169. The van der Waals surface area contributed by atoms with Gasteiger partial charge in [-0.05, 0) is 48.4 Å². The Morgan fingerprint density at radius 1 is 1.30 bits per heavy atom. The Kier molecular flexibility index (Phi) is 6.86. The van der Waals surface area contributed by atoms with E-state index in [1.807, 2.05) is 30.3 Å². The van der Waals surface area contributed by atoms with Gasteiger partial charge in [-0.15, -0.1) is 0 Å². The zero-order chi connectivity index (χ0) is 19.1. The predicted molar refractivity (Wildman–Crippen MR) is 105 cm³/mol. The van der Waals surface area contributed by atoms with Crippen molar-refractivity contribution in [2.45, 2.75) is 43.9 Å². The van der Waals surface area contributed by atoms with E-state index in [0.29, 0.717) is 23.7 Å². The first-order chi connectivity index (χ1) is 13.2. The molecule has 1 aliphatic carbocycles. The summed E-state index contributed by atoms with van der Waals surface area (Å²) >= 11 is 1.33. The highest BCUT2D eigenvalue weighted by Gasteiger charge is 2.16. The van der Waals surface area contributed by atoms with Crippen LogP contribution in [-0.2, 0) is 35.5 Å². The lowest BCUT2D eigenvalue weighted by Gasteiger charge is -2.16. The molecule has 0 radical (unpaired) electrons. The van der Waals surface area contributed by atoms with Crippen LogP contribution in [0.1, 0.15) is 40.8 Å². The molecule has 0 atom stereocenters. The number of aromatic nitrogens is 1. The maximum atomic E-state index is 12.3. The number of rotatable bonds is 7. The molecule has 3 rings (SSSR count). The smallest absolute Gasteiger partial charge is 0.230 e. The summed E-state index contributed by atoms with van der Waals surface area (Å²) in [4.78, 5) is 16.9. The molecule has 0 fully saturated rings. The first-order valence-corrected chi connectivity index (χ1v) is 10.1. The van der Waals surface area contributed by atoms with E-state index in [2.05, 4.69) is 16.4 Å². The summed E-state index contributed by atoms with van der Waals surface area (Å²) < 4.78 is 5.20. The van der Waals surface area contributed by atoms with E-state index in [-0.39, 0.29) is 11.7 Å². The Labute approximate surface area is 164 Å². The van der Waals surface area contributed by atoms with Crippen LogP contribution in [0.25, 0.3) is 0 Å². The molecule has 1 aromatic carbocycles. The molecule has 0 saturated carbocycles. The van der Waals surface area contributed by atoms with Crippen molar-refractivity contribution >= 4 is 17.7 Å². The number of benzene rings is 1. The molecular formula is C21H23N3O2S. The van der Waals surface area contributed by atoms with Crippen LogP contribution in [0.15, 0.2) is 35.4 Å². The number of nitrogens with one attached hydrogen (secondary N) is 1. The summed E-state index contributed by atoms with van der Waals surface area (Å²) in [6.45, 7) is 0.979. The van der Waals surface area contributed by atoms with Crippen LogP contribution in [0, 0.1) is 11.3 Å². The zero-order valence-corrected chi connectivity index (χ0v) is 16.3. The number of amides is 1. The van der Waals surface area contributed by atoms with Gasteiger partial charge >= 0.3 is 0 Å². The molecule has 140 valence electrons. The van der Waals surface area contributed by atoms with Gasteiger partial charge in [-0.25, -0.2) is 4.98 Å². The number of thioether (sulfide) groups is 1. The standard InChI is InChI=1S/C21H23N3O2S/c1-26-13-17-8-3-2-7-16(17)12-23-20(25)14-27-21-18(11-22)10-15-6-4-5-9-19(15)24-21/h2-3,7-8,10H,4-6,9,12-14H2,1H3,(H,23,25). The maximum Gasteiger partial charge on any atom is 0.230 e. The lowest BCUT2D eigenvalue weighted by atomic mass is 9.95. The lowest BCUT2D eigenvalue weighted by molar-refractivity contribution is -0.118. The number of carbonyl (C=O) groups is 1. The monoisotopic (exact) mass is 381 g/mol. The van der Waals surface area contributed by atoms with E-state index in [1.165, 1.54) is 17.3 Å². The van der Waals surface area contributed by atoms with Gasteiger partial charge in [0.1, 0.15) is 11.1 Å². The molecule has 1 N–H and O–H groups in total. The number of nitrogens with zero attached hydrogens (tertiary/aromatic N) is 2. The van der Waals surface area contributed by atoms with Crippen molar-refractivity contribution in [1.29, 1.82) is 5.26 Å². The lowest BCUT2D eigenvalue weighted by Crippen LogP contribution is -2.25. The molecule has 2 aromatic rings. The van der Waals surface area contributed by atoms with Gasteiger partial charge < -0.3 is 10.1 Å². The average molecular weight is 382 g/mol. The molecule has 1 amide bonds. The fourth-order valence-electron chi connectivity index (χ4n) is 3.21. The highest BCUT2D eigenvalue weighted by Crippen LogP contribution is 2.27. The molecule has 1 heterocycles. The number of fused-ring (bicyclic) bond motifs is 1. The summed E-state index contributed by atoms with van der Waals surface area (Å²) in [6.07, 6.45) is 4.23. The van der Waals surface area contributed by atoms with Crippen LogP contribution in [0.2, 0.25) is 0 Å². The van der Waals surface area contributed by atoms with Gasteiger partial charge in [0.05, 0.1) is 17.9 Å². The van der Waals surface area contributed by atoms with Crippen LogP contribution in [-0.4, -0.2) is 23.8 Å². The quantitative estimate of drug-likeness (QED) is 0.744. The Morgan fingerprint density at radius 2 is 2.07 bits per heavy atom. The van der Waals surface area contributed by atoms with Crippen molar-refractivity contribution in [2.24, 2.45) is 0 Å². The molecule has 0 bridgehead atoms. The minimum absolute atomic E-state index is 0.0735. The molecule has 27 heavy (non-hydrogen) atoms. The van der Waals surface area contributed by atoms with Gasteiger partial charge in [-0.2, -0.15) is 5.26 Å². The minimum Gasteiger partial charge on any atom is -0.380 e. The van der Waals surface area contributed by atoms with Gasteiger partial charge in [-0.3, -0.25) is 4.79 Å². The Hall–Kier alpha value is -2.36. The third kappa shape index (κ3) is 5.09. The van der Waals surface area contributed by atoms with Crippen molar-refractivity contribution in [3.05, 3.63) is 58.3 Å². The van der Waals surface area contributed by atoms with Crippen molar-refractivity contribution in [1.82, 2.24) is 10.3 Å². The SMILES string of the molecule is COCc1ccccc1CNC(=O)CSc1nc2c(cc1C#N)CCCC2. The second-order valence-corrected chi connectivity index (χ2v) is 7.50. The highest BCUT2D eigenvalue weighted by atomic mass is 32.2. The van der Waals surface area contributed by atoms with E-state index < -0.39 is 0 Å². The number of ether oxygens (including phenoxy) is 1. The van der Waals surface area contributed by atoms with Crippen molar-refractivity contribution in [3.63, 3.8) is 0 Å². The maximum absolute atomic E-state index is 12.3. The van der Waals surface area contributed by atoms with Crippen LogP contribution in [0.5, 0.6) is 0 Å². The van der Waals surface area contributed by atoms with E-state index in [4.69, 9.17) is 4.74 Å². The first kappa shape index (κ1) is 19.4. The minimum atomic E-state index is -0.0735. The fourth-order valence-corrected chi connectivity index (χ4v) is 4.01. The van der Waals surface area contributed by atoms with Crippen LogP contribution in [0.3, 0.4) is 0 Å². The largest absolute Gasteiger partial charge is 0.380 e. The molecule has 1 aliphatic rings. The van der Waals surface area contributed by atoms with Gasteiger partial charge in [-0.1, -0.05) is 36.0 Å². The number of pyridine rings is 1. The predicted octanol–water partition coefficient (Wildman–Crippen LogP) is 3.39. The molecule has 5 nitrogen and oxygen atoms in total. The van der Waals surface area contributed by atoms with Crippen molar-refractivity contribution in [3.8, 4) is 6.07 Å². The molecular weight excluding hydrogens is 358 g/mol. The zero-order valence-electron chi connectivity index (χ0n) is 15.5. The molecule has 0 unspecified atom stereocenters. The normalized spacial score (nSPS) is 12.9. The number of carbonyl (C=O) groups excluding carboxylic acids is 1. The number of nitriles is 1. The van der Waals surface area contributed by atoms with Gasteiger partial charge in [0.2, 0.25) is 5.91 Å². The fraction of sp³-hybridized carbons (Fsp3) is 0.381. The Balaban J connectivity index is 1.59. The summed E-state index contributed by atoms with van der Waals surface area (Å²) in [5, 5.41) is 13.0.